The molecule has 2 nitrogen and oxygen atoms in total. The minimum absolute atomic E-state index is 0.172. The summed E-state index contributed by atoms with van der Waals surface area (Å²) in [6.07, 6.45) is 0. The van der Waals surface area contributed by atoms with Crippen LogP contribution in [0.5, 0.6) is 0 Å². The number of hydrogen-bond donors (Lipinski definition) is 1. The Labute approximate surface area is 88.3 Å². The second kappa shape index (κ2) is 3.83. The molecule has 0 radical (unpaired) electrons. The standard InChI is InChI=1S/C11H15NOS/c1-7-3-9(6-14-7)11(13)8(2)10-4-12-5-10/h3,6,8,10,12H,4-5H2,1-2H3. The molecule has 0 aliphatic carbocycles. The number of Topliss-reactive ketones (excluding diaryl/α,β-unsaturated/α-hetero) is 1. The third-order valence-corrected chi connectivity index (χ3v) is 3.81. The van der Waals surface area contributed by atoms with Gasteiger partial charge in [0, 0.05) is 21.7 Å². The van der Waals surface area contributed by atoms with Gasteiger partial charge in [0.15, 0.2) is 5.78 Å². The monoisotopic (exact) mass is 209 g/mol. The zero-order valence-corrected chi connectivity index (χ0v) is 9.36. The van der Waals surface area contributed by atoms with Crippen LogP contribution in [0.1, 0.15) is 22.2 Å². The zero-order chi connectivity index (χ0) is 10.1. The van der Waals surface area contributed by atoms with Crippen LogP contribution >= 0.6 is 11.3 Å². The highest BCUT2D eigenvalue weighted by Gasteiger charge is 2.29. The van der Waals surface area contributed by atoms with Gasteiger partial charge in [-0.2, -0.15) is 0 Å². The zero-order valence-electron chi connectivity index (χ0n) is 8.54. The predicted octanol–water partition coefficient (Wildman–Crippen LogP) is 2.09. The number of rotatable bonds is 3. The second-order valence-corrected chi connectivity index (χ2v) is 5.13. The molecule has 76 valence electrons. The third-order valence-electron chi connectivity index (χ3n) is 2.95. The summed E-state index contributed by atoms with van der Waals surface area (Å²) < 4.78 is 0. The van der Waals surface area contributed by atoms with Gasteiger partial charge in [0.25, 0.3) is 0 Å². The quantitative estimate of drug-likeness (QED) is 0.772. The molecule has 0 aromatic carbocycles. The van der Waals surface area contributed by atoms with E-state index in [1.807, 2.05) is 25.3 Å². The molecule has 2 rings (SSSR count). The molecule has 1 aliphatic rings. The highest BCUT2D eigenvalue weighted by molar-refractivity contribution is 7.10. The molecule has 1 aromatic rings. The highest BCUT2D eigenvalue weighted by Crippen LogP contribution is 2.23. The van der Waals surface area contributed by atoms with Gasteiger partial charge >= 0.3 is 0 Å². The first-order valence-corrected chi connectivity index (χ1v) is 5.86. The molecule has 0 amide bonds. The molecular weight excluding hydrogens is 194 g/mol. The molecule has 1 unspecified atom stereocenters. The molecule has 0 bridgehead atoms. The Morgan fingerprint density at radius 3 is 2.79 bits per heavy atom. The first kappa shape index (κ1) is 9.87. The fraction of sp³-hybridized carbons (Fsp3) is 0.545. The number of carbonyl (C=O) groups is 1. The third kappa shape index (κ3) is 1.74. The van der Waals surface area contributed by atoms with E-state index in [4.69, 9.17) is 0 Å². The van der Waals surface area contributed by atoms with E-state index in [0.29, 0.717) is 11.7 Å². The maximum atomic E-state index is 12.0. The van der Waals surface area contributed by atoms with Crippen LogP contribution in [0.25, 0.3) is 0 Å². The fourth-order valence-electron chi connectivity index (χ4n) is 1.71. The van der Waals surface area contributed by atoms with Gasteiger partial charge in [0.2, 0.25) is 0 Å². The van der Waals surface area contributed by atoms with Crippen LogP contribution < -0.4 is 5.32 Å². The Kier molecular flexibility index (Phi) is 2.70. The second-order valence-electron chi connectivity index (χ2n) is 4.02. The Bertz CT molecular complexity index is 341. The van der Waals surface area contributed by atoms with Gasteiger partial charge in [-0.25, -0.2) is 0 Å². The van der Waals surface area contributed by atoms with Crippen molar-refractivity contribution in [2.75, 3.05) is 13.1 Å². The van der Waals surface area contributed by atoms with Crippen molar-refractivity contribution >= 4 is 17.1 Å². The smallest absolute Gasteiger partial charge is 0.166 e. The predicted molar refractivity (Wildman–Crippen MR) is 58.9 cm³/mol. The SMILES string of the molecule is Cc1cc(C(=O)C(C)C2CNC2)cs1. The van der Waals surface area contributed by atoms with Crippen LogP contribution in [0.3, 0.4) is 0 Å². The normalized spacial score (nSPS) is 19.0. The molecule has 1 aliphatic heterocycles. The van der Waals surface area contributed by atoms with Crippen LogP contribution in [0, 0.1) is 18.8 Å². The summed E-state index contributed by atoms with van der Waals surface area (Å²) >= 11 is 1.65. The average Bonchev–Trinajstić information content (AvgIpc) is 2.47. The van der Waals surface area contributed by atoms with E-state index < -0.39 is 0 Å². The summed E-state index contributed by atoms with van der Waals surface area (Å²) in [6, 6.07) is 2.00. The first-order chi connectivity index (χ1) is 6.68. The number of hydrogen-bond acceptors (Lipinski definition) is 3. The van der Waals surface area contributed by atoms with Crippen molar-refractivity contribution in [3.63, 3.8) is 0 Å². The molecular formula is C11H15NOS. The van der Waals surface area contributed by atoms with Crippen LogP contribution in [0.2, 0.25) is 0 Å². The van der Waals surface area contributed by atoms with Crippen molar-refractivity contribution in [3.05, 3.63) is 21.9 Å². The van der Waals surface area contributed by atoms with Crippen molar-refractivity contribution in [2.24, 2.45) is 11.8 Å². The average molecular weight is 209 g/mol. The summed E-state index contributed by atoms with van der Waals surface area (Å²) in [5.74, 6) is 1.02. The molecule has 1 fully saturated rings. The van der Waals surface area contributed by atoms with Gasteiger partial charge in [0.05, 0.1) is 0 Å². The number of ketones is 1. The lowest BCUT2D eigenvalue weighted by Gasteiger charge is -2.31. The summed E-state index contributed by atoms with van der Waals surface area (Å²) in [5, 5.41) is 5.18. The summed E-state index contributed by atoms with van der Waals surface area (Å²) in [7, 11) is 0. The van der Waals surface area contributed by atoms with E-state index in [1.165, 1.54) is 4.88 Å². The van der Waals surface area contributed by atoms with Crippen molar-refractivity contribution in [1.82, 2.24) is 5.32 Å². The van der Waals surface area contributed by atoms with Gasteiger partial charge in [-0.05, 0) is 32.0 Å². The fourth-order valence-corrected chi connectivity index (χ4v) is 2.41. The summed E-state index contributed by atoms with van der Waals surface area (Å²) in [5.41, 5.74) is 0.895. The van der Waals surface area contributed by atoms with Gasteiger partial charge in [-0.1, -0.05) is 6.92 Å². The molecule has 14 heavy (non-hydrogen) atoms. The van der Waals surface area contributed by atoms with E-state index in [0.717, 1.165) is 18.7 Å². The number of thiophene rings is 1. The maximum Gasteiger partial charge on any atom is 0.166 e. The minimum atomic E-state index is 0.172. The van der Waals surface area contributed by atoms with E-state index >= 15 is 0 Å². The molecule has 0 saturated carbocycles. The van der Waals surface area contributed by atoms with E-state index in [9.17, 15) is 4.79 Å². The van der Waals surface area contributed by atoms with Crippen molar-refractivity contribution in [2.45, 2.75) is 13.8 Å². The summed E-state index contributed by atoms with van der Waals surface area (Å²) in [6.45, 7) is 6.07. The lowest BCUT2D eigenvalue weighted by molar-refractivity contribution is 0.0854. The molecule has 1 aromatic heterocycles. The molecule has 1 saturated heterocycles. The number of carbonyl (C=O) groups excluding carboxylic acids is 1. The van der Waals surface area contributed by atoms with Crippen LogP contribution in [0.15, 0.2) is 11.4 Å². The lowest BCUT2D eigenvalue weighted by Crippen LogP contribution is -2.47. The Balaban J connectivity index is 2.07. The van der Waals surface area contributed by atoms with E-state index in [1.54, 1.807) is 11.3 Å². The molecule has 1 N–H and O–H groups in total. The van der Waals surface area contributed by atoms with Gasteiger partial charge < -0.3 is 5.32 Å². The topological polar surface area (TPSA) is 29.1 Å². The molecule has 1 atom stereocenters. The van der Waals surface area contributed by atoms with Gasteiger partial charge in [0.1, 0.15) is 0 Å². The molecule has 2 heterocycles. The van der Waals surface area contributed by atoms with Crippen LogP contribution in [-0.4, -0.2) is 18.9 Å². The Hall–Kier alpha value is -0.670. The lowest BCUT2D eigenvalue weighted by atomic mass is 9.84. The number of nitrogens with one attached hydrogen (secondary N) is 1. The van der Waals surface area contributed by atoms with Crippen molar-refractivity contribution in [3.8, 4) is 0 Å². The largest absolute Gasteiger partial charge is 0.316 e. The van der Waals surface area contributed by atoms with E-state index in [2.05, 4.69) is 5.32 Å². The highest BCUT2D eigenvalue weighted by atomic mass is 32.1. The van der Waals surface area contributed by atoms with Crippen LogP contribution in [-0.2, 0) is 0 Å². The summed E-state index contributed by atoms with van der Waals surface area (Å²) in [4.78, 5) is 13.2. The Morgan fingerprint density at radius 1 is 1.64 bits per heavy atom. The molecule has 3 heteroatoms. The van der Waals surface area contributed by atoms with Gasteiger partial charge in [-0.3, -0.25) is 4.79 Å². The van der Waals surface area contributed by atoms with Crippen molar-refractivity contribution < 1.29 is 4.79 Å². The van der Waals surface area contributed by atoms with E-state index in [-0.39, 0.29) is 5.92 Å². The number of aryl methyl sites for hydroxylation is 1. The first-order valence-electron chi connectivity index (χ1n) is 4.98. The molecule has 0 spiro atoms. The Morgan fingerprint density at radius 2 is 2.36 bits per heavy atom. The maximum absolute atomic E-state index is 12.0. The van der Waals surface area contributed by atoms with Crippen molar-refractivity contribution in [1.29, 1.82) is 0 Å². The van der Waals surface area contributed by atoms with Gasteiger partial charge in [-0.15, -0.1) is 11.3 Å². The minimum Gasteiger partial charge on any atom is -0.316 e. The van der Waals surface area contributed by atoms with Crippen LogP contribution in [0.4, 0.5) is 0 Å².